The van der Waals surface area contributed by atoms with E-state index in [1.54, 1.807) is 0 Å². The predicted octanol–water partition coefficient (Wildman–Crippen LogP) is 5.73. The topological polar surface area (TPSA) is 46.2 Å². The number of fused-ring (bicyclic) bond motifs is 1. The number of hydrogen-bond acceptors (Lipinski definition) is 2. The number of hydrogen-bond donors (Lipinski definition) is 2. The van der Waals surface area contributed by atoms with Crippen LogP contribution in [0.2, 0.25) is 0 Å². The van der Waals surface area contributed by atoms with Gasteiger partial charge in [-0.25, -0.2) is 0 Å². The van der Waals surface area contributed by atoms with Gasteiger partial charge >= 0.3 is 0 Å². The Hall–Kier alpha value is -1.38. The lowest BCUT2D eigenvalue weighted by Crippen LogP contribution is -2.41. The zero-order chi connectivity index (χ0) is 17.4. The van der Waals surface area contributed by atoms with Gasteiger partial charge in [0.1, 0.15) is 0 Å². The molecule has 0 fully saturated rings. The molecule has 132 valence electrons. The first-order valence-corrected chi connectivity index (χ1v) is 9.58. The lowest BCUT2D eigenvalue weighted by molar-refractivity contribution is -0.00722. The molecule has 0 unspecified atom stereocenters. The molecule has 2 aromatic rings. The molecule has 0 aromatic heterocycles. The average molecular weight is 328 g/mol. The summed E-state index contributed by atoms with van der Waals surface area (Å²) in [6.07, 6.45) is 8.28. The molecule has 1 atom stereocenters. The lowest BCUT2D eigenvalue weighted by atomic mass is 9.79. The van der Waals surface area contributed by atoms with Crippen molar-refractivity contribution < 1.29 is 5.11 Å². The summed E-state index contributed by atoms with van der Waals surface area (Å²) in [7, 11) is 0. The zero-order valence-corrected chi connectivity index (χ0v) is 15.3. The number of nitrogens with two attached hydrogens (primary N) is 1. The molecule has 0 radical (unpaired) electrons. The Bertz CT molecular complexity index is 607. The van der Waals surface area contributed by atoms with Gasteiger partial charge in [-0.05, 0) is 29.2 Å². The van der Waals surface area contributed by atoms with E-state index in [-0.39, 0.29) is 6.04 Å². The Labute approximate surface area is 147 Å². The average Bonchev–Trinajstić information content (AvgIpc) is 2.61. The summed E-state index contributed by atoms with van der Waals surface area (Å²) in [5.74, 6) is 0. The molecule has 2 aromatic carbocycles. The molecular weight excluding hydrogens is 294 g/mol. The van der Waals surface area contributed by atoms with Crippen LogP contribution in [0.15, 0.2) is 42.5 Å². The number of rotatable bonds is 10. The summed E-state index contributed by atoms with van der Waals surface area (Å²) in [4.78, 5) is 0. The van der Waals surface area contributed by atoms with E-state index in [1.807, 2.05) is 12.1 Å². The SMILES string of the molecule is CCCCCC(O)(CCCCC)[C@H](N)c1cccc2ccccc12. The molecule has 0 saturated carbocycles. The number of unbranched alkanes of at least 4 members (excludes halogenated alkanes) is 4. The van der Waals surface area contributed by atoms with Crippen molar-refractivity contribution >= 4 is 10.8 Å². The summed E-state index contributed by atoms with van der Waals surface area (Å²) >= 11 is 0. The van der Waals surface area contributed by atoms with Crippen LogP contribution in [0.4, 0.5) is 0 Å². The van der Waals surface area contributed by atoms with Crippen LogP contribution in [-0.2, 0) is 0 Å². The highest BCUT2D eigenvalue weighted by atomic mass is 16.3. The van der Waals surface area contributed by atoms with E-state index in [2.05, 4.69) is 44.2 Å². The van der Waals surface area contributed by atoms with Crippen molar-refractivity contribution in [1.29, 1.82) is 0 Å². The molecular formula is C22H33NO. The Morgan fingerprint density at radius 3 is 2.08 bits per heavy atom. The van der Waals surface area contributed by atoms with Crippen LogP contribution in [0.3, 0.4) is 0 Å². The van der Waals surface area contributed by atoms with Crippen molar-refractivity contribution in [2.45, 2.75) is 76.9 Å². The number of aliphatic hydroxyl groups is 1. The molecule has 0 aliphatic rings. The van der Waals surface area contributed by atoms with Crippen LogP contribution >= 0.6 is 0 Å². The molecule has 2 nitrogen and oxygen atoms in total. The van der Waals surface area contributed by atoms with Gasteiger partial charge in [0, 0.05) is 0 Å². The van der Waals surface area contributed by atoms with Gasteiger partial charge in [0.15, 0.2) is 0 Å². The van der Waals surface area contributed by atoms with E-state index in [4.69, 9.17) is 5.73 Å². The first kappa shape index (κ1) is 19.0. The monoisotopic (exact) mass is 327 g/mol. The minimum Gasteiger partial charge on any atom is -0.388 e. The maximum absolute atomic E-state index is 11.4. The van der Waals surface area contributed by atoms with Crippen LogP contribution in [0.5, 0.6) is 0 Å². The fourth-order valence-electron chi connectivity index (χ4n) is 3.61. The molecule has 0 saturated heterocycles. The summed E-state index contributed by atoms with van der Waals surface area (Å²) < 4.78 is 0. The molecule has 0 heterocycles. The summed E-state index contributed by atoms with van der Waals surface area (Å²) in [6.45, 7) is 4.39. The van der Waals surface area contributed by atoms with Crippen molar-refractivity contribution in [3.8, 4) is 0 Å². The summed E-state index contributed by atoms with van der Waals surface area (Å²) in [5, 5.41) is 13.8. The van der Waals surface area contributed by atoms with Gasteiger partial charge in [-0.15, -0.1) is 0 Å². The standard InChI is InChI=1S/C22H33NO/c1-3-5-9-16-22(24,17-10-6-4-2)21(23)20-15-11-13-18-12-7-8-14-19(18)20/h7-8,11-15,21,24H,3-6,9-10,16-17,23H2,1-2H3/t21-/m1/s1. The van der Waals surface area contributed by atoms with Gasteiger partial charge in [-0.1, -0.05) is 94.8 Å². The molecule has 0 aliphatic carbocycles. The lowest BCUT2D eigenvalue weighted by Gasteiger charge is -2.35. The van der Waals surface area contributed by atoms with Crippen molar-refractivity contribution in [3.05, 3.63) is 48.0 Å². The summed E-state index contributed by atoms with van der Waals surface area (Å²) in [5.41, 5.74) is 6.92. The van der Waals surface area contributed by atoms with Crippen LogP contribution in [0.1, 0.15) is 76.8 Å². The molecule has 0 bridgehead atoms. The first-order valence-electron chi connectivity index (χ1n) is 9.58. The highest BCUT2D eigenvalue weighted by Gasteiger charge is 2.34. The highest BCUT2D eigenvalue weighted by Crippen LogP contribution is 2.36. The van der Waals surface area contributed by atoms with E-state index in [9.17, 15) is 5.11 Å². The van der Waals surface area contributed by atoms with Crippen LogP contribution in [0, 0.1) is 0 Å². The predicted molar refractivity (Wildman–Crippen MR) is 104 cm³/mol. The van der Waals surface area contributed by atoms with Gasteiger partial charge < -0.3 is 10.8 Å². The quantitative estimate of drug-likeness (QED) is 0.547. The fourth-order valence-corrected chi connectivity index (χ4v) is 3.61. The van der Waals surface area contributed by atoms with Crippen LogP contribution in [-0.4, -0.2) is 10.7 Å². The summed E-state index contributed by atoms with van der Waals surface area (Å²) in [6, 6.07) is 14.2. The Morgan fingerprint density at radius 2 is 1.46 bits per heavy atom. The van der Waals surface area contributed by atoms with Crippen molar-refractivity contribution in [2.24, 2.45) is 5.73 Å². The van der Waals surface area contributed by atoms with Crippen LogP contribution in [0.25, 0.3) is 10.8 Å². The van der Waals surface area contributed by atoms with Gasteiger partial charge in [0.05, 0.1) is 11.6 Å². The van der Waals surface area contributed by atoms with Crippen molar-refractivity contribution in [3.63, 3.8) is 0 Å². The fraction of sp³-hybridized carbons (Fsp3) is 0.545. The van der Waals surface area contributed by atoms with E-state index in [0.29, 0.717) is 0 Å². The molecule has 0 spiro atoms. The second-order valence-corrected chi connectivity index (χ2v) is 7.06. The second kappa shape index (κ2) is 9.19. The van der Waals surface area contributed by atoms with E-state index >= 15 is 0 Å². The van der Waals surface area contributed by atoms with Crippen LogP contribution < -0.4 is 5.73 Å². The van der Waals surface area contributed by atoms with Crippen molar-refractivity contribution in [2.75, 3.05) is 0 Å². The van der Waals surface area contributed by atoms with E-state index < -0.39 is 5.60 Å². The maximum atomic E-state index is 11.4. The maximum Gasteiger partial charge on any atom is 0.0839 e. The highest BCUT2D eigenvalue weighted by molar-refractivity contribution is 5.86. The molecule has 0 aliphatic heterocycles. The van der Waals surface area contributed by atoms with E-state index in [0.717, 1.165) is 62.3 Å². The third kappa shape index (κ3) is 4.58. The smallest absolute Gasteiger partial charge is 0.0839 e. The van der Waals surface area contributed by atoms with E-state index in [1.165, 1.54) is 5.39 Å². The third-order valence-electron chi connectivity index (χ3n) is 5.16. The second-order valence-electron chi connectivity index (χ2n) is 7.06. The Balaban J connectivity index is 2.28. The molecule has 2 heteroatoms. The Morgan fingerprint density at radius 1 is 0.875 bits per heavy atom. The molecule has 3 N–H and O–H groups in total. The minimum atomic E-state index is -0.811. The minimum absolute atomic E-state index is 0.336. The molecule has 0 amide bonds. The van der Waals surface area contributed by atoms with Gasteiger partial charge in [0.25, 0.3) is 0 Å². The Kier molecular flexibility index (Phi) is 7.26. The van der Waals surface area contributed by atoms with Gasteiger partial charge in [-0.3, -0.25) is 0 Å². The van der Waals surface area contributed by atoms with Crippen molar-refractivity contribution in [1.82, 2.24) is 0 Å². The molecule has 24 heavy (non-hydrogen) atoms. The normalized spacial score (nSPS) is 13.3. The van der Waals surface area contributed by atoms with Gasteiger partial charge in [-0.2, -0.15) is 0 Å². The third-order valence-corrected chi connectivity index (χ3v) is 5.16. The first-order chi connectivity index (χ1) is 11.6. The zero-order valence-electron chi connectivity index (χ0n) is 15.3. The largest absolute Gasteiger partial charge is 0.388 e. The van der Waals surface area contributed by atoms with Gasteiger partial charge in [0.2, 0.25) is 0 Å². The molecule has 2 rings (SSSR count). The number of benzene rings is 2.